The first-order chi connectivity index (χ1) is 16.6. The monoisotopic (exact) mass is 451 g/mol. The van der Waals surface area contributed by atoms with E-state index in [9.17, 15) is 14.4 Å². The summed E-state index contributed by atoms with van der Waals surface area (Å²) in [6, 6.07) is 25.0. The number of esters is 1. The van der Waals surface area contributed by atoms with Crippen molar-refractivity contribution in [3.8, 4) is 0 Å². The van der Waals surface area contributed by atoms with Crippen LogP contribution in [-0.4, -0.2) is 29.4 Å². The van der Waals surface area contributed by atoms with Crippen molar-refractivity contribution in [2.45, 2.75) is 0 Å². The minimum Gasteiger partial charge on any atom is -0.452 e. The second kappa shape index (κ2) is 10.7. The fourth-order valence-electron chi connectivity index (χ4n) is 3.30. The van der Waals surface area contributed by atoms with E-state index >= 15 is 0 Å². The van der Waals surface area contributed by atoms with Crippen molar-refractivity contribution in [3.63, 3.8) is 0 Å². The maximum absolute atomic E-state index is 12.6. The average Bonchev–Trinajstić information content (AvgIpc) is 2.87. The predicted octanol–water partition coefficient (Wildman–Crippen LogP) is 4.68. The Labute approximate surface area is 196 Å². The minimum absolute atomic E-state index is 0.286. The molecule has 7 nitrogen and oxygen atoms in total. The number of aromatic nitrogens is 1. The Bertz CT molecular complexity index is 1360. The number of benzene rings is 3. The summed E-state index contributed by atoms with van der Waals surface area (Å²) in [5, 5.41) is 6.35. The molecule has 2 N–H and O–H groups in total. The van der Waals surface area contributed by atoms with Crippen molar-refractivity contribution in [3.05, 3.63) is 108 Å². The molecule has 2 amide bonds. The van der Waals surface area contributed by atoms with Crippen molar-refractivity contribution >= 4 is 46.1 Å². The summed E-state index contributed by atoms with van der Waals surface area (Å²) in [7, 11) is 0. The van der Waals surface area contributed by atoms with Gasteiger partial charge < -0.3 is 15.4 Å². The van der Waals surface area contributed by atoms with Gasteiger partial charge in [0, 0.05) is 28.9 Å². The fourth-order valence-corrected chi connectivity index (χ4v) is 3.30. The Morgan fingerprint density at radius 2 is 1.59 bits per heavy atom. The van der Waals surface area contributed by atoms with E-state index in [4.69, 9.17) is 4.74 Å². The van der Waals surface area contributed by atoms with Crippen LogP contribution in [-0.2, 0) is 14.3 Å². The maximum atomic E-state index is 12.6. The molecule has 0 saturated carbocycles. The number of fused-ring (bicyclic) bond motifs is 1. The summed E-state index contributed by atoms with van der Waals surface area (Å²) >= 11 is 0. The average molecular weight is 451 g/mol. The number of pyridine rings is 1. The van der Waals surface area contributed by atoms with Crippen LogP contribution in [0.5, 0.6) is 0 Å². The van der Waals surface area contributed by atoms with E-state index in [1.54, 1.807) is 48.7 Å². The molecule has 0 saturated heterocycles. The molecule has 1 aromatic heterocycles. The third kappa shape index (κ3) is 5.72. The quantitative estimate of drug-likeness (QED) is 0.314. The zero-order valence-corrected chi connectivity index (χ0v) is 18.1. The lowest BCUT2D eigenvalue weighted by Crippen LogP contribution is -2.22. The molecule has 0 aliphatic heterocycles. The van der Waals surface area contributed by atoms with Crippen LogP contribution in [0.4, 0.5) is 11.4 Å². The Morgan fingerprint density at radius 1 is 0.824 bits per heavy atom. The number of carbonyl (C=O) groups is 3. The molecule has 0 radical (unpaired) electrons. The first kappa shape index (κ1) is 22.4. The number of para-hydroxylation sites is 3. The lowest BCUT2D eigenvalue weighted by Gasteiger charge is -2.11. The number of carbonyl (C=O) groups excluding carboxylic acids is 3. The molecule has 4 rings (SSSR count). The summed E-state index contributed by atoms with van der Waals surface area (Å²) in [6.45, 7) is -0.494. The van der Waals surface area contributed by atoms with Crippen LogP contribution < -0.4 is 10.6 Å². The van der Waals surface area contributed by atoms with E-state index < -0.39 is 18.5 Å². The number of nitrogens with one attached hydrogen (secondary N) is 2. The lowest BCUT2D eigenvalue weighted by atomic mass is 10.1. The van der Waals surface area contributed by atoms with E-state index in [0.29, 0.717) is 11.4 Å². The van der Waals surface area contributed by atoms with Gasteiger partial charge in [-0.25, -0.2) is 4.79 Å². The predicted molar refractivity (Wildman–Crippen MR) is 131 cm³/mol. The van der Waals surface area contributed by atoms with Crippen molar-refractivity contribution in [1.29, 1.82) is 0 Å². The van der Waals surface area contributed by atoms with Gasteiger partial charge in [0.05, 0.1) is 16.8 Å². The number of nitrogens with zero attached hydrogens (tertiary/aromatic N) is 1. The smallest absolute Gasteiger partial charge is 0.331 e. The molecule has 0 unspecified atom stereocenters. The van der Waals surface area contributed by atoms with Gasteiger partial charge in [-0.1, -0.05) is 54.6 Å². The molecule has 34 heavy (non-hydrogen) atoms. The normalized spacial score (nSPS) is 10.7. The Kier molecular flexibility index (Phi) is 7.05. The molecular formula is C27H21N3O4. The molecule has 0 spiro atoms. The number of anilines is 2. The summed E-state index contributed by atoms with van der Waals surface area (Å²) in [6.07, 6.45) is 4.52. The molecule has 1 heterocycles. The number of rotatable bonds is 7. The SMILES string of the molecule is O=C(COC(=O)/C=C/c1cccc2cccnc12)Nc1ccccc1C(=O)Nc1ccccc1. The van der Waals surface area contributed by atoms with Crippen molar-refractivity contribution in [2.24, 2.45) is 0 Å². The van der Waals surface area contributed by atoms with Gasteiger partial charge in [0.15, 0.2) is 6.61 Å². The zero-order chi connectivity index (χ0) is 23.8. The molecule has 0 atom stereocenters. The van der Waals surface area contributed by atoms with Gasteiger partial charge in [0.1, 0.15) is 0 Å². The molecule has 0 aliphatic carbocycles. The minimum atomic E-state index is -0.668. The molecular weight excluding hydrogens is 430 g/mol. The summed E-state index contributed by atoms with van der Waals surface area (Å²) in [4.78, 5) is 41.4. The van der Waals surface area contributed by atoms with E-state index in [1.165, 1.54) is 6.08 Å². The fraction of sp³-hybridized carbons (Fsp3) is 0.0370. The van der Waals surface area contributed by atoms with Crippen LogP contribution in [0.25, 0.3) is 17.0 Å². The standard InChI is InChI=1S/C27H21N3O4/c31-24(18-34-25(32)16-15-20-9-6-8-19-10-7-17-28-26(19)20)30-23-14-5-4-13-22(23)27(33)29-21-11-2-1-3-12-21/h1-17H,18H2,(H,29,33)(H,30,31)/b16-15+. The van der Waals surface area contributed by atoms with Gasteiger partial charge in [-0.05, 0) is 36.4 Å². The second-order valence-electron chi connectivity index (χ2n) is 7.28. The van der Waals surface area contributed by atoms with E-state index in [0.717, 1.165) is 16.5 Å². The second-order valence-corrected chi connectivity index (χ2v) is 7.28. The number of amides is 2. The van der Waals surface area contributed by atoms with Gasteiger partial charge in [-0.2, -0.15) is 0 Å². The molecule has 0 aliphatic rings. The van der Waals surface area contributed by atoms with Crippen LogP contribution in [0.2, 0.25) is 0 Å². The van der Waals surface area contributed by atoms with Crippen LogP contribution >= 0.6 is 0 Å². The number of ether oxygens (including phenoxy) is 1. The zero-order valence-electron chi connectivity index (χ0n) is 18.1. The van der Waals surface area contributed by atoms with Gasteiger partial charge in [0.25, 0.3) is 11.8 Å². The van der Waals surface area contributed by atoms with Gasteiger partial charge in [-0.3, -0.25) is 14.6 Å². The van der Waals surface area contributed by atoms with Crippen molar-refractivity contribution < 1.29 is 19.1 Å². The maximum Gasteiger partial charge on any atom is 0.331 e. The summed E-state index contributed by atoms with van der Waals surface area (Å²) in [5.41, 5.74) is 2.76. The van der Waals surface area contributed by atoms with Gasteiger partial charge >= 0.3 is 5.97 Å². The number of hydrogen-bond donors (Lipinski definition) is 2. The largest absolute Gasteiger partial charge is 0.452 e. The molecule has 4 aromatic rings. The number of hydrogen-bond acceptors (Lipinski definition) is 5. The van der Waals surface area contributed by atoms with E-state index in [-0.39, 0.29) is 11.5 Å². The van der Waals surface area contributed by atoms with Gasteiger partial charge in [-0.15, -0.1) is 0 Å². The molecule has 0 bridgehead atoms. The van der Waals surface area contributed by atoms with Gasteiger partial charge in [0.2, 0.25) is 0 Å². The van der Waals surface area contributed by atoms with Crippen LogP contribution in [0, 0.1) is 0 Å². The first-order valence-corrected chi connectivity index (χ1v) is 10.5. The molecule has 3 aromatic carbocycles. The van der Waals surface area contributed by atoms with E-state index in [2.05, 4.69) is 15.6 Å². The first-order valence-electron chi connectivity index (χ1n) is 10.5. The van der Waals surface area contributed by atoms with Crippen molar-refractivity contribution in [1.82, 2.24) is 4.98 Å². The lowest BCUT2D eigenvalue weighted by molar-refractivity contribution is -0.142. The molecule has 7 heteroatoms. The third-order valence-corrected chi connectivity index (χ3v) is 4.89. The highest BCUT2D eigenvalue weighted by molar-refractivity contribution is 6.10. The van der Waals surface area contributed by atoms with E-state index in [1.807, 2.05) is 48.5 Å². The topological polar surface area (TPSA) is 97.4 Å². The Hall–Kier alpha value is -4.78. The van der Waals surface area contributed by atoms with Crippen LogP contribution in [0.3, 0.4) is 0 Å². The highest BCUT2D eigenvalue weighted by Crippen LogP contribution is 2.18. The summed E-state index contributed by atoms with van der Waals surface area (Å²) in [5.74, 6) is -1.60. The molecule has 168 valence electrons. The Morgan fingerprint density at radius 3 is 2.44 bits per heavy atom. The third-order valence-electron chi connectivity index (χ3n) is 4.89. The van der Waals surface area contributed by atoms with Crippen molar-refractivity contribution in [2.75, 3.05) is 17.2 Å². The Balaban J connectivity index is 1.35. The highest BCUT2D eigenvalue weighted by atomic mass is 16.5. The highest BCUT2D eigenvalue weighted by Gasteiger charge is 2.14. The summed E-state index contributed by atoms with van der Waals surface area (Å²) < 4.78 is 5.05. The van der Waals surface area contributed by atoms with Crippen LogP contribution in [0.1, 0.15) is 15.9 Å². The van der Waals surface area contributed by atoms with Crippen LogP contribution in [0.15, 0.2) is 97.2 Å². The molecule has 0 fully saturated rings.